The average Bonchev–Trinajstić information content (AvgIpc) is 3.34. The summed E-state index contributed by atoms with van der Waals surface area (Å²) in [5, 5.41) is 14.4. The number of aliphatic imine (C=N–C) groups is 1. The lowest BCUT2D eigenvalue weighted by atomic mass is 10.0. The Bertz CT molecular complexity index is 942. The van der Waals surface area contributed by atoms with E-state index in [2.05, 4.69) is 28.3 Å². The highest BCUT2D eigenvalue weighted by Gasteiger charge is 2.39. The molecule has 1 aromatic rings. The van der Waals surface area contributed by atoms with E-state index in [0.29, 0.717) is 38.8 Å². The number of carbonyl (C=O) groups excluding carboxylic acids is 3. The van der Waals surface area contributed by atoms with E-state index in [0.717, 1.165) is 5.56 Å². The minimum absolute atomic E-state index is 0.0465. The van der Waals surface area contributed by atoms with Crippen molar-refractivity contribution in [2.24, 2.45) is 22.2 Å². The molecule has 0 bridgehead atoms. The minimum Gasteiger partial charge on any atom is -0.480 e. The zero-order valence-corrected chi connectivity index (χ0v) is 20.9. The molecule has 1 heterocycles. The standard InChI is InChI=1S/C23H35N7O5S/c24-15(8-4-10-27-23(25)26)19(31)28-16(12-14-6-2-1-3-7-14)21(33)30-11-5-9-18(30)20(32)29-17(13-36)22(34)35/h1-3,6-7,15-18,36H,4-5,8-13,24H2,(H,28,31)(H,29,32)(H,34,35)(H4,25,26,27). The van der Waals surface area contributed by atoms with Crippen molar-refractivity contribution >= 4 is 42.3 Å². The summed E-state index contributed by atoms with van der Waals surface area (Å²) in [6.45, 7) is 0.630. The van der Waals surface area contributed by atoms with Crippen molar-refractivity contribution in [1.82, 2.24) is 15.5 Å². The van der Waals surface area contributed by atoms with E-state index in [4.69, 9.17) is 17.2 Å². The van der Waals surface area contributed by atoms with Crippen LogP contribution in [-0.4, -0.2) is 82.7 Å². The second kappa shape index (κ2) is 14.3. The van der Waals surface area contributed by atoms with Crippen LogP contribution in [0.25, 0.3) is 0 Å². The molecule has 3 amide bonds. The lowest BCUT2D eigenvalue weighted by Gasteiger charge is -2.30. The molecule has 9 N–H and O–H groups in total. The fourth-order valence-electron chi connectivity index (χ4n) is 3.94. The molecule has 2 rings (SSSR count). The molecular weight excluding hydrogens is 486 g/mol. The zero-order valence-electron chi connectivity index (χ0n) is 20.0. The first-order valence-corrected chi connectivity index (χ1v) is 12.4. The van der Waals surface area contributed by atoms with E-state index in [-0.39, 0.29) is 18.1 Å². The maximum Gasteiger partial charge on any atom is 0.327 e. The normalized spacial score (nSPS) is 17.5. The number of hydrogen-bond acceptors (Lipinski definition) is 7. The monoisotopic (exact) mass is 521 g/mol. The predicted molar refractivity (Wildman–Crippen MR) is 138 cm³/mol. The molecule has 1 saturated heterocycles. The number of nitrogens with zero attached hydrogens (tertiary/aromatic N) is 2. The van der Waals surface area contributed by atoms with Crippen LogP contribution < -0.4 is 27.8 Å². The van der Waals surface area contributed by atoms with Crippen LogP contribution in [0.1, 0.15) is 31.2 Å². The van der Waals surface area contributed by atoms with Gasteiger partial charge in [-0.15, -0.1) is 0 Å². The molecule has 4 atom stereocenters. The SMILES string of the molecule is NC(N)=NCCCC(N)C(=O)NC(Cc1ccccc1)C(=O)N1CCCC1C(=O)NC(CS)C(=O)O. The van der Waals surface area contributed by atoms with Crippen LogP contribution in [0, 0.1) is 0 Å². The topological polar surface area (TPSA) is 206 Å². The van der Waals surface area contributed by atoms with Gasteiger partial charge >= 0.3 is 5.97 Å². The van der Waals surface area contributed by atoms with Gasteiger partial charge in [-0.3, -0.25) is 19.4 Å². The number of guanidine groups is 1. The molecular formula is C23H35N7O5S. The number of benzene rings is 1. The molecule has 0 radical (unpaired) electrons. The zero-order chi connectivity index (χ0) is 26.7. The van der Waals surface area contributed by atoms with Crippen molar-refractivity contribution in [1.29, 1.82) is 0 Å². The van der Waals surface area contributed by atoms with Crippen LogP contribution in [-0.2, 0) is 25.6 Å². The molecule has 1 aliphatic heterocycles. The molecule has 13 heteroatoms. The van der Waals surface area contributed by atoms with Crippen molar-refractivity contribution in [2.75, 3.05) is 18.8 Å². The van der Waals surface area contributed by atoms with Gasteiger partial charge in [0, 0.05) is 25.3 Å². The number of carbonyl (C=O) groups is 4. The van der Waals surface area contributed by atoms with E-state index in [1.165, 1.54) is 4.90 Å². The Labute approximate surface area is 215 Å². The first kappa shape index (κ1) is 28.9. The summed E-state index contributed by atoms with van der Waals surface area (Å²) < 4.78 is 0. The molecule has 0 aliphatic carbocycles. The molecule has 36 heavy (non-hydrogen) atoms. The highest BCUT2D eigenvalue weighted by Crippen LogP contribution is 2.20. The number of nitrogens with two attached hydrogens (primary N) is 3. The lowest BCUT2D eigenvalue weighted by Crippen LogP contribution is -2.57. The van der Waals surface area contributed by atoms with E-state index in [1.54, 1.807) is 0 Å². The fourth-order valence-corrected chi connectivity index (χ4v) is 4.18. The third-order valence-electron chi connectivity index (χ3n) is 5.84. The molecule has 0 saturated carbocycles. The quantitative estimate of drug-likeness (QED) is 0.0708. The number of hydrogen-bond donors (Lipinski definition) is 7. The van der Waals surface area contributed by atoms with E-state index in [1.807, 2.05) is 30.3 Å². The summed E-state index contributed by atoms with van der Waals surface area (Å²) in [7, 11) is 0. The summed E-state index contributed by atoms with van der Waals surface area (Å²) in [4.78, 5) is 55.7. The number of carboxylic acids is 1. The van der Waals surface area contributed by atoms with Gasteiger partial charge in [0.05, 0.1) is 6.04 Å². The number of thiol groups is 1. The van der Waals surface area contributed by atoms with Crippen molar-refractivity contribution in [3.8, 4) is 0 Å². The summed E-state index contributed by atoms with van der Waals surface area (Å²) in [6.07, 6.45) is 1.94. The largest absolute Gasteiger partial charge is 0.480 e. The first-order chi connectivity index (χ1) is 17.1. The van der Waals surface area contributed by atoms with Gasteiger partial charge < -0.3 is 37.8 Å². The van der Waals surface area contributed by atoms with Crippen molar-refractivity contribution in [2.45, 2.75) is 56.3 Å². The van der Waals surface area contributed by atoms with Crippen LogP contribution >= 0.6 is 12.6 Å². The summed E-state index contributed by atoms with van der Waals surface area (Å²) in [5.41, 5.74) is 17.4. The number of nitrogens with one attached hydrogen (secondary N) is 2. The Kier molecular flexibility index (Phi) is 11.5. The Morgan fingerprint density at radius 1 is 1.14 bits per heavy atom. The van der Waals surface area contributed by atoms with Crippen LogP contribution in [0.4, 0.5) is 0 Å². The second-order valence-corrected chi connectivity index (χ2v) is 8.94. The van der Waals surface area contributed by atoms with Crippen molar-refractivity contribution in [3.05, 3.63) is 35.9 Å². The number of carboxylic acid groups (broad SMARTS) is 1. The number of likely N-dealkylation sites (tertiary alicyclic amines) is 1. The lowest BCUT2D eigenvalue weighted by molar-refractivity contribution is -0.144. The molecule has 4 unspecified atom stereocenters. The first-order valence-electron chi connectivity index (χ1n) is 11.7. The van der Waals surface area contributed by atoms with Gasteiger partial charge in [0.1, 0.15) is 18.1 Å². The number of rotatable bonds is 13. The van der Waals surface area contributed by atoms with Gasteiger partial charge in [0.15, 0.2) is 5.96 Å². The highest BCUT2D eigenvalue weighted by atomic mass is 32.1. The Morgan fingerprint density at radius 2 is 1.83 bits per heavy atom. The maximum absolute atomic E-state index is 13.6. The Hall–Kier alpha value is -3.32. The summed E-state index contributed by atoms with van der Waals surface area (Å²) >= 11 is 3.97. The highest BCUT2D eigenvalue weighted by molar-refractivity contribution is 7.80. The Morgan fingerprint density at radius 3 is 2.44 bits per heavy atom. The molecule has 1 aromatic carbocycles. The average molecular weight is 522 g/mol. The fraction of sp³-hybridized carbons (Fsp3) is 0.522. The van der Waals surface area contributed by atoms with Crippen LogP contribution in [0.3, 0.4) is 0 Å². The molecule has 12 nitrogen and oxygen atoms in total. The van der Waals surface area contributed by atoms with Gasteiger partial charge in [-0.2, -0.15) is 12.6 Å². The number of amides is 3. The second-order valence-electron chi connectivity index (χ2n) is 8.58. The summed E-state index contributed by atoms with van der Waals surface area (Å²) in [5.74, 6) is -2.85. The van der Waals surface area contributed by atoms with Crippen LogP contribution in [0.2, 0.25) is 0 Å². The van der Waals surface area contributed by atoms with Gasteiger partial charge in [0.2, 0.25) is 17.7 Å². The number of aliphatic carboxylic acids is 1. The molecule has 0 spiro atoms. The van der Waals surface area contributed by atoms with Crippen LogP contribution in [0.5, 0.6) is 0 Å². The Balaban J connectivity index is 2.14. The smallest absolute Gasteiger partial charge is 0.327 e. The molecule has 1 fully saturated rings. The van der Waals surface area contributed by atoms with Gasteiger partial charge in [0.25, 0.3) is 0 Å². The predicted octanol–water partition coefficient (Wildman–Crippen LogP) is -1.41. The third kappa shape index (κ3) is 8.72. The van der Waals surface area contributed by atoms with E-state index >= 15 is 0 Å². The van der Waals surface area contributed by atoms with E-state index < -0.39 is 47.9 Å². The molecule has 0 aromatic heterocycles. The van der Waals surface area contributed by atoms with Crippen molar-refractivity contribution < 1.29 is 24.3 Å². The van der Waals surface area contributed by atoms with Gasteiger partial charge in [-0.25, -0.2) is 4.79 Å². The molecule has 1 aliphatic rings. The van der Waals surface area contributed by atoms with Gasteiger partial charge in [-0.05, 0) is 31.2 Å². The molecule has 198 valence electrons. The van der Waals surface area contributed by atoms with E-state index in [9.17, 15) is 24.3 Å². The van der Waals surface area contributed by atoms with Crippen molar-refractivity contribution in [3.63, 3.8) is 0 Å². The van der Waals surface area contributed by atoms with Crippen LogP contribution in [0.15, 0.2) is 35.3 Å². The maximum atomic E-state index is 13.6. The third-order valence-corrected chi connectivity index (χ3v) is 6.20. The van der Waals surface area contributed by atoms with Gasteiger partial charge in [-0.1, -0.05) is 30.3 Å². The summed E-state index contributed by atoms with van der Waals surface area (Å²) in [6, 6.07) is 5.30. The minimum atomic E-state index is -1.21.